The summed E-state index contributed by atoms with van der Waals surface area (Å²) in [6, 6.07) is 0.239. The quantitative estimate of drug-likeness (QED) is 0.739. The van der Waals surface area contributed by atoms with Gasteiger partial charge in [-0.25, -0.2) is 4.79 Å². The molecule has 1 saturated carbocycles. The number of carbonyl (C=O) groups is 2. The van der Waals surface area contributed by atoms with Crippen molar-refractivity contribution < 1.29 is 19.1 Å². The summed E-state index contributed by atoms with van der Waals surface area (Å²) in [5.41, 5.74) is 0. The van der Waals surface area contributed by atoms with E-state index in [2.05, 4.69) is 0 Å². The fraction of sp³-hybridized carbons (Fsp3) is 0.875. The van der Waals surface area contributed by atoms with Crippen molar-refractivity contribution in [1.82, 2.24) is 9.80 Å². The van der Waals surface area contributed by atoms with Gasteiger partial charge >= 0.3 is 6.09 Å². The molecule has 2 amide bonds. The second kappa shape index (κ2) is 6.86. The predicted molar refractivity (Wildman–Crippen MR) is 80.4 cm³/mol. The van der Waals surface area contributed by atoms with Crippen LogP contribution in [-0.4, -0.2) is 67.3 Å². The minimum atomic E-state index is -0.324. The van der Waals surface area contributed by atoms with Crippen molar-refractivity contribution >= 4 is 12.0 Å². The lowest BCUT2D eigenvalue weighted by Crippen LogP contribution is -2.57. The van der Waals surface area contributed by atoms with Crippen LogP contribution in [0.25, 0.3) is 0 Å². The Kier molecular flexibility index (Phi) is 4.86. The van der Waals surface area contributed by atoms with Crippen LogP contribution in [0, 0.1) is 5.92 Å². The van der Waals surface area contributed by atoms with Gasteiger partial charge in [-0.1, -0.05) is 12.8 Å². The van der Waals surface area contributed by atoms with E-state index in [1.54, 1.807) is 4.90 Å². The second-order valence-electron chi connectivity index (χ2n) is 6.55. The molecule has 124 valence electrons. The third kappa shape index (κ3) is 3.07. The van der Waals surface area contributed by atoms with Crippen LogP contribution in [0.1, 0.15) is 38.5 Å². The summed E-state index contributed by atoms with van der Waals surface area (Å²) in [4.78, 5) is 28.4. The molecule has 3 aliphatic rings. The van der Waals surface area contributed by atoms with E-state index >= 15 is 0 Å². The van der Waals surface area contributed by atoms with Gasteiger partial charge in [0.1, 0.15) is 0 Å². The Morgan fingerprint density at radius 2 is 1.91 bits per heavy atom. The number of ether oxygens (including phenoxy) is 2. The molecular formula is C16H26N2O4. The van der Waals surface area contributed by atoms with E-state index in [4.69, 9.17) is 9.47 Å². The highest BCUT2D eigenvalue weighted by Crippen LogP contribution is 2.30. The third-order valence-electron chi connectivity index (χ3n) is 5.22. The first kappa shape index (κ1) is 15.6. The maximum Gasteiger partial charge on any atom is 0.409 e. The molecule has 0 aromatic carbocycles. The Hall–Kier alpha value is -1.30. The van der Waals surface area contributed by atoms with Crippen LogP contribution in [0.5, 0.6) is 0 Å². The van der Waals surface area contributed by atoms with Gasteiger partial charge in [0.15, 0.2) is 0 Å². The van der Waals surface area contributed by atoms with Gasteiger partial charge in [0, 0.05) is 19.6 Å². The van der Waals surface area contributed by atoms with Crippen molar-refractivity contribution in [3.8, 4) is 0 Å². The summed E-state index contributed by atoms with van der Waals surface area (Å²) >= 11 is 0. The SMILES string of the molecule is COC(=O)N1CCCC(C(=O)N2CCOC3CCCCC32)C1. The minimum Gasteiger partial charge on any atom is -0.453 e. The number of piperidine rings is 1. The number of likely N-dealkylation sites (tertiary alicyclic amines) is 1. The molecule has 3 atom stereocenters. The zero-order valence-corrected chi connectivity index (χ0v) is 13.3. The molecular weight excluding hydrogens is 284 g/mol. The van der Waals surface area contributed by atoms with Gasteiger partial charge in [-0.15, -0.1) is 0 Å². The molecule has 3 fully saturated rings. The minimum absolute atomic E-state index is 0.0893. The molecule has 0 radical (unpaired) electrons. The number of morpholine rings is 1. The third-order valence-corrected chi connectivity index (χ3v) is 5.22. The number of carbonyl (C=O) groups excluding carboxylic acids is 2. The van der Waals surface area contributed by atoms with Gasteiger partial charge < -0.3 is 19.3 Å². The number of fused-ring (bicyclic) bond motifs is 1. The summed E-state index contributed by atoms with van der Waals surface area (Å²) in [6.45, 7) is 2.50. The van der Waals surface area contributed by atoms with E-state index < -0.39 is 0 Å². The summed E-state index contributed by atoms with van der Waals surface area (Å²) in [5, 5.41) is 0. The number of hydrogen-bond donors (Lipinski definition) is 0. The summed E-state index contributed by atoms with van der Waals surface area (Å²) in [6.07, 6.45) is 6.10. The first-order valence-corrected chi connectivity index (χ1v) is 8.45. The Bertz CT molecular complexity index is 426. The summed E-state index contributed by atoms with van der Waals surface area (Å²) in [5.74, 6) is 0.113. The molecule has 0 spiro atoms. The van der Waals surface area contributed by atoms with E-state index in [9.17, 15) is 9.59 Å². The molecule has 3 unspecified atom stereocenters. The Balaban J connectivity index is 1.65. The van der Waals surface area contributed by atoms with Crippen LogP contribution in [-0.2, 0) is 14.3 Å². The van der Waals surface area contributed by atoms with Crippen molar-refractivity contribution in [3.63, 3.8) is 0 Å². The zero-order chi connectivity index (χ0) is 15.5. The van der Waals surface area contributed by atoms with Gasteiger partial charge in [0.05, 0.1) is 31.8 Å². The molecule has 2 aliphatic heterocycles. The molecule has 6 heteroatoms. The zero-order valence-electron chi connectivity index (χ0n) is 13.3. The average molecular weight is 310 g/mol. The number of hydrogen-bond acceptors (Lipinski definition) is 4. The molecule has 22 heavy (non-hydrogen) atoms. The molecule has 3 rings (SSSR count). The van der Waals surface area contributed by atoms with Crippen molar-refractivity contribution in [3.05, 3.63) is 0 Å². The van der Waals surface area contributed by atoms with E-state index in [0.717, 1.165) is 25.7 Å². The summed E-state index contributed by atoms with van der Waals surface area (Å²) in [7, 11) is 1.39. The van der Waals surface area contributed by atoms with E-state index in [-0.39, 0.29) is 30.1 Å². The van der Waals surface area contributed by atoms with Crippen LogP contribution in [0.2, 0.25) is 0 Å². The van der Waals surface area contributed by atoms with Crippen LogP contribution in [0.15, 0.2) is 0 Å². The number of methoxy groups -OCH3 is 1. The maximum absolute atomic E-state index is 13.0. The number of amides is 2. The van der Waals surface area contributed by atoms with E-state index in [1.807, 2.05) is 4.90 Å². The highest BCUT2D eigenvalue weighted by Gasteiger charge is 2.40. The van der Waals surface area contributed by atoms with Gasteiger partial charge in [0.25, 0.3) is 0 Å². The molecule has 0 aromatic rings. The standard InChI is InChI=1S/C16H26N2O4/c1-21-16(20)17-8-4-5-12(11-17)15(19)18-9-10-22-14-7-3-2-6-13(14)18/h12-14H,2-11H2,1H3. The van der Waals surface area contributed by atoms with Crippen molar-refractivity contribution in [2.75, 3.05) is 33.4 Å². The average Bonchev–Trinajstić information content (AvgIpc) is 2.60. The lowest BCUT2D eigenvalue weighted by atomic mass is 9.88. The van der Waals surface area contributed by atoms with Crippen molar-refractivity contribution in [2.45, 2.75) is 50.7 Å². The Labute approximate surface area is 131 Å². The highest BCUT2D eigenvalue weighted by atomic mass is 16.5. The Morgan fingerprint density at radius 3 is 2.73 bits per heavy atom. The van der Waals surface area contributed by atoms with Crippen LogP contribution in [0.3, 0.4) is 0 Å². The van der Waals surface area contributed by atoms with Gasteiger partial charge in [-0.2, -0.15) is 0 Å². The highest BCUT2D eigenvalue weighted by molar-refractivity contribution is 5.80. The molecule has 0 bridgehead atoms. The van der Waals surface area contributed by atoms with E-state index in [1.165, 1.54) is 20.0 Å². The predicted octanol–water partition coefficient (Wildman–Crippen LogP) is 1.63. The summed E-state index contributed by atoms with van der Waals surface area (Å²) < 4.78 is 10.6. The number of nitrogens with zero attached hydrogens (tertiary/aromatic N) is 2. The molecule has 1 aliphatic carbocycles. The number of rotatable bonds is 1. The monoisotopic (exact) mass is 310 g/mol. The lowest BCUT2D eigenvalue weighted by molar-refractivity contribution is -0.155. The Morgan fingerprint density at radius 1 is 1.09 bits per heavy atom. The smallest absolute Gasteiger partial charge is 0.409 e. The normalized spacial score (nSPS) is 32.3. The molecule has 2 heterocycles. The second-order valence-corrected chi connectivity index (χ2v) is 6.55. The topological polar surface area (TPSA) is 59.1 Å². The van der Waals surface area contributed by atoms with E-state index in [0.29, 0.717) is 26.2 Å². The van der Waals surface area contributed by atoms with Crippen LogP contribution >= 0.6 is 0 Å². The van der Waals surface area contributed by atoms with Crippen LogP contribution in [0.4, 0.5) is 4.79 Å². The van der Waals surface area contributed by atoms with Crippen LogP contribution < -0.4 is 0 Å². The maximum atomic E-state index is 13.0. The molecule has 0 N–H and O–H groups in total. The fourth-order valence-corrected chi connectivity index (χ4v) is 4.08. The van der Waals surface area contributed by atoms with Crippen molar-refractivity contribution in [2.24, 2.45) is 5.92 Å². The molecule has 2 saturated heterocycles. The van der Waals surface area contributed by atoms with Crippen molar-refractivity contribution in [1.29, 1.82) is 0 Å². The van der Waals surface area contributed by atoms with Gasteiger partial charge in [0.2, 0.25) is 5.91 Å². The largest absolute Gasteiger partial charge is 0.453 e. The molecule has 0 aromatic heterocycles. The first-order valence-electron chi connectivity index (χ1n) is 8.45. The molecule has 6 nitrogen and oxygen atoms in total. The fourth-order valence-electron chi connectivity index (χ4n) is 4.08. The first-order chi connectivity index (χ1) is 10.7. The van der Waals surface area contributed by atoms with Gasteiger partial charge in [-0.3, -0.25) is 4.79 Å². The van der Waals surface area contributed by atoms with Gasteiger partial charge in [-0.05, 0) is 25.7 Å². The lowest BCUT2D eigenvalue weighted by Gasteiger charge is -2.45.